The fourth-order valence-electron chi connectivity index (χ4n) is 3.05. The molecule has 0 unspecified atom stereocenters. The van der Waals surface area contributed by atoms with E-state index >= 15 is 0 Å². The van der Waals surface area contributed by atoms with Crippen molar-refractivity contribution in [1.82, 2.24) is 25.8 Å². The lowest BCUT2D eigenvalue weighted by Crippen LogP contribution is -2.36. The largest absolute Gasteiger partial charge is 0.490 e. The molecular formula is C22H26F2N6O2. The Hall–Kier alpha value is -3.69. The Labute approximate surface area is 185 Å². The zero-order valence-corrected chi connectivity index (χ0v) is 17.9. The van der Waals surface area contributed by atoms with E-state index in [1.165, 1.54) is 6.33 Å². The number of ether oxygens (including phenoxy) is 2. The Kier molecular flexibility index (Phi) is 8.36. The van der Waals surface area contributed by atoms with Gasteiger partial charge in [-0.1, -0.05) is 30.3 Å². The molecule has 0 aliphatic rings. The SMILES string of the molecule is CCNC(=NCc1cccc(-c2ncn[nH]2)c1)NCc1cccc(OCC)c1OC(F)F. The van der Waals surface area contributed by atoms with Crippen molar-refractivity contribution in [3.05, 3.63) is 59.9 Å². The van der Waals surface area contributed by atoms with E-state index in [9.17, 15) is 8.78 Å². The van der Waals surface area contributed by atoms with Gasteiger partial charge in [0.2, 0.25) is 0 Å². The van der Waals surface area contributed by atoms with Crippen LogP contribution in [0.5, 0.6) is 11.5 Å². The van der Waals surface area contributed by atoms with Gasteiger partial charge in [-0.25, -0.2) is 9.98 Å². The molecule has 0 fully saturated rings. The van der Waals surface area contributed by atoms with Crippen LogP contribution in [0.4, 0.5) is 8.78 Å². The topological polar surface area (TPSA) is 96.5 Å². The van der Waals surface area contributed by atoms with Gasteiger partial charge in [0.25, 0.3) is 0 Å². The predicted octanol–water partition coefficient (Wildman–Crippen LogP) is 3.73. The summed E-state index contributed by atoms with van der Waals surface area (Å²) in [5.41, 5.74) is 2.43. The van der Waals surface area contributed by atoms with E-state index in [4.69, 9.17) is 9.47 Å². The molecule has 1 aromatic heterocycles. The number of H-pyrrole nitrogens is 1. The van der Waals surface area contributed by atoms with Gasteiger partial charge in [0.1, 0.15) is 6.33 Å². The second kappa shape index (κ2) is 11.6. The molecule has 0 atom stereocenters. The number of aromatic nitrogens is 3. The van der Waals surface area contributed by atoms with Gasteiger partial charge in [0.15, 0.2) is 23.3 Å². The van der Waals surface area contributed by atoms with Crippen LogP contribution in [0.3, 0.4) is 0 Å². The van der Waals surface area contributed by atoms with Crippen molar-refractivity contribution in [2.24, 2.45) is 4.99 Å². The number of halogens is 2. The maximum atomic E-state index is 12.9. The Morgan fingerprint density at radius 2 is 2.00 bits per heavy atom. The first kappa shape index (κ1) is 23.0. The molecule has 2 aromatic carbocycles. The van der Waals surface area contributed by atoms with Crippen molar-refractivity contribution in [3.63, 3.8) is 0 Å². The fourth-order valence-corrected chi connectivity index (χ4v) is 3.05. The summed E-state index contributed by atoms with van der Waals surface area (Å²) in [6.07, 6.45) is 1.46. The van der Waals surface area contributed by atoms with Crippen LogP contribution in [-0.4, -0.2) is 40.9 Å². The molecule has 170 valence electrons. The standard InChI is InChI=1S/C22H26F2N6O2/c1-3-25-22(26-12-15-7-5-8-16(11-15)20-28-14-29-30-20)27-13-17-9-6-10-18(31-4-2)19(17)32-21(23)24/h5-11,14,21H,3-4,12-13H2,1-2H3,(H2,25,26,27)(H,28,29,30). The Morgan fingerprint density at radius 1 is 1.16 bits per heavy atom. The zero-order chi connectivity index (χ0) is 22.8. The number of guanidine groups is 1. The Morgan fingerprint density at radius 3 is 2.72 bits per heavy atom. The summed E-state index contributed by atoms with van der Waals surface area (Å²) in [4.78, 5) is 8.76. The van der Waals surface area contributed by atoms with Gasteiger partial charge in [0, 0.05) is 24.2 Å². The minimum atomic E-state index is -2.95. The quantitative estimate of drug-likeness (QED) is 0.326. The number of para-hydroxylation sites is 1. The minimum absolute atomic E-state index is 0.0208. The molecule has 32 heavy (non-hydrogen) atoms. The van der Waals surface area contributed by atoms with Gasteiger partial charge in [-0.15, -0.1) is 0 Å². The van der Waals surface area contributed by atoms with Crippen LogP contribution in [0, 0.1) is 0 Å². The summed E-state index contributed by atoms with van der Waals surface area (Å²) in [6, 6.07) is 12.9. The molecule has 0 spiro atoms. The number of nitrogens with one attached hydrogen (secondary N) is 3. The monoisotopic (exact) mass is 444 g/mol. The minimum Gasteiger partial charge on any atom is -0.490 e. The molecule has 0 radical (unpaired) electrons. The molecular weight excluding hydrogens is 418 g/mol. The molecule has 3 rings (SSSR count). The number of aromatic amines is 1. The predicted molar refractivity (Wildman–Crippen MR) is 118 cm³/mol. The van der Waals surface area contributed by atoms with Crippen molar-refractivity contribution in [2.45, 2.75) is 33.5 Å². The first-order chi connectivity index (χ1) is 15.6. The number of aliphatic imine (C=N–C) groups is 1. The van der Waals surface area contributed by atoms with Crippen molar-refractivity contribution in [1.29, 1.82) is 0 Å². The molecule has 8 nitrogen and oxygen atoms in total. The van der Waals surface area contributed by atoms with E-state index in [0.29, 0.717) is 37.0 Å². The maximum Gasteiger partial charge on any atom is 0.387 e. The number of nitrogens with zero attached hydrogens (tertiary/aromatic N) is 3. The van der Waals surface area contributed by atoms with E-state index in [1.54, 1.807) is 25.1 Å². The van der Waals surface area contributed by atoms with Gasteiger partial charge >= 0.3 is 6.61 Å². The highest BCUT2D eigenvalue weighted by molar-refractivity contribution is 5.79. The van der Waals surface area contributed by atoms with Crippen LogP contribution >= 0.6 is 0 Å². The van der Waals surface area contributed by atoms with E-state index in [1.807, 2.05) is 31.2 Å². The van der Waals surface area contributed by atoms with Gasteiger partial charge < -0.3 is 20.1 Å². The zero-order valence-electron chi connectivity index (χ0n) is 17.9. The van der Waals surface area contributed by atoms with E-state index in [-0.39, 0.29) is 18.0 Å². The van der Waals surface area contributed by atoms with Crippen LogP contribution in [0.1, 0.15) is 25.0 Å². The highest BCUT2D eigenvalue weighted by Gasteiger charge is 2.16. The van der Waals surface area contributed by atoms with E-state index in [0.717, 1.165) is 11.1 Å². The second-order valence-electron chi connectivity index (χ2n) is 6.64. The third kappa shape index (κ3) is 6.40. The van der Waals surface area contributed by atoms with Crippen LogP contribution in [-0.2, 0) is 13.1 Å². The third-order valence-corrected chi connectivity index (χ3v) is 4.39. The van der Waals surface area contributed by atoms with Crippen molar-refractivity contribution in [3.8, 4) is 22.9 Å². The number of hydrogen-bond acceptors (Lipinski definition) is 5. The average Bonchev–Trinajstić information content (AvgIpc) is 3.32. The fraction of sp³-hybridized carbons (Fsp3) is 0.318. The molecule has 10 heteroatoms. The number of hydrogen-bond donors (Lipinski definition) is 3. The van der Waals surface area contributed by atoms with Gasteiger partial charge in [-0.2, -0.15) is 13.9 Å². The summed E-state index contributed by atoms with van der Waals surface area (Å²) in [5.74, 6) is 1.52. The number of rotatable bonds is 10. The van der Waals surface area contributed by atoms with E-state index in [2.05, 4.69) is 30.8 Å². The van der Waals surface area contributed by atoms with Gasteiger partial charge in [-0.05, 0) is 31.5 Å². The molecule has 0 saturated heterocycles. The lowest BCUT2D eigenvalue weighted by atomic mass is 10.1. The van der Waals surface area contributed by atoms with Crippen LogP contribution < -0.4 is 20.1 Å². The molecule has 3 N–H and O–H groups in total. The summed E-state index contributed by atoms with van der Waals surface area (Å²) in [5, 5.41) is 13.0. The normalized spacial score (nSPS) is 11.5. The molecule has 1 heterocycles. The lowest BCUT2D eigenvalue weighted by molar-refractivity contribution is -0.0520. The summed E-state index contributed by atoms with van der Waals surface area (Å²) in [7, 11) is 0. The Bertz CT molecular complexity index is 1010. The molecule has 3 aromatic rings. The van der Waals surface area contributed by atoms with Crippen LogP contribution in [0.15, 0.2) is 53.8 Å². The lowest BCUT2D eigenvalue weighted by Gasteiger charge is -2.17. The highest BCUT2D eigenvalue weighted by Crippen LogP contribution is 2.32. The average molecular weight is 444 g/mol. The number of alkyl halides is 2. The molecule has 0 saturated carbocycles. The second-order valence-corrected chi connectivity index (χ2v) is 6.64. The van der Waals surface area contributed by atoms with Gasteiger partial charge in [0.05, 0.1) is 13.2 Å². The van der Waals surface area contributed by atoms with Crippen molar-refractivity contribution in [2.75, 3.05) is 13.2 Å². The molecule has 0 bridgehead atoms. The third-order valence-electron chi connectivity index (χ3n) is 4.39. The summed E-state index contributed by atoms with van der Waals surface area (Å²) in [6.45, 7) is 2.40. The molecule has 0 amide bonds. The maximum absolute atomic E-state index is 12.9. The Balaban J connectivity index is 1.73. The highest BCUT2D eigenvalue weighted by atomic mass is 19.3. The first-order valence-electron chi connectivity index (χ1n) is 10.3. The van der Waals surface area contributed by atoms with Crippen LogP contribution in [0.2, 0.25) is 0 Å². The first-order valence-corrected chi connectivity index (χ1v) is 10.3. The summed E-state index contributed by atoms with van der Waals surface area (Å²) < 4.78 is 36.0. The van der Waals surface area contributed by atoms with Crippen molar-refractivity contribution >= 4 is 5.96 Å². The molecule has 0 aliphatic carbocycles. The van der Waals surface area contributed by atoms with Crippen LogP contribution in [0.25, 0.3) is 11.4 Å². The summed E-state index contributed by atoms with van der Waals surface area (Å²) >= 11 is 0. The number of benzene rings is 2. The van der Waals surface area contributed by atoms with Crippen molar-refractivity contribution < 1.29 is 18.3 Å². The smallest absolute Gasteiger partial charge is 0.387 e. The van der Waals surface area contributed by atoms with Gasteiger partial charge in [-0.3, -0.25) is 5.10 Å². The van der Waals surface area contributed by atoms with E-state index < -0.39 is 6.61 Å². The molecule has 0 aliphatic heterocycles.